The maximum atomic E-state index is 12.5. The zero-order valence-corrected chi connectivity index (χ0v) is 10.4. The van der Waals surface area contributed by atoms with Gasteiger partial charge in [-0.1, -0.05) is 18.2 Å². The topological polar surface area (TPSA) is 53.4 Å². The van der Waals surface area contributed by atoms with Gasteiger partial charge in [-0.2, -0.15) is 9.78 Å². The summed E-state index contributed by atoms with van der Waals surface area (Å²) in [5.41, 5.74) is 0.559. The lowest BCUT2D eigenvalue weighted by molar-refractivity contribution is 0.174. The second-order valence-electron chi connectivity index (χ2n) is 4.49. The van der Waals surface area contributed by atoms with E-state index in [-0.39, 0.29) is 12.4 Å². The Hall–Kier alpha value is -2.82. The Morgan fingerprint density at radius 2 is 1.80 bits per heavy atom. The minimum absolute atomic E-state index is 0.174. The van der Waals surface area contributed by atoms with Gasteiger partial charge >= 0.3 is 0 Å². The van der Waals surface area contributed by atoms with Gasteiger partial charge in [0.2, 0.25) is 6.79 Å². The van der Waals surface area contributed by atoms with Crippen LogP contribution in [0.4, 0.5) is 0 Å². The maximum Gasteiger partial charge on any atom is 0.279 e. The standard InChI is InChI=1S/C15H10N2O3/c18-15-12-7-14-13(19-9-20-14)6-10(12)8-16-17(15)11-4-2-1-3-5-11/h1-8H,9H2. The predicted molar refractivity (Wildman–Crippen MR) is 73.5 cm³/mol. The highest BCUT2D eigenvalue weighted by Gasteiger charge is 2.16. The van der Waals surface area contributed by atoms with Crippen molar-refractivity contribution in [1.82, 2.24) is 9.78 Å². The molecule has 4 rings (SSSR count). The van der Waals surface area contributed by atoms with Crippen LogP contribution in [0.3, 0.4) is 0 Å². The van der Waals surface area contributed by atoms with Crippen LogP contribution in [0.2, 0.25) is 0 Å². The molecule has 0 saturated carbocycles. The summed E-state index contributed by atoms with van der Waals surface area (Å²) in [5.74, 6) is 1.25. The Bertz CT molecular complexity index is 856. The highest BCUT2D eigenvalue weighted by Crippen LogP contribution is 2.34. The SMILES string of the molecule is O=c1c2cc3c(cc2cnn1-c1ccccc1)OCO3. The summed E-state index contributed by atoms with van der Waals surface area (Å²) in [6.07, 6.45) is 1.66. The minimum atomic E-state index is -0.174. The molecule has 1 aliphatic rings. The average Bonchev–Trinajstić information content (AvgIpc) is 2.94. The normalized spacial score (nSPS) is 12.8. The van der Waals surface area contributed by atoms with E-state index in [1.54, 1.807) is 18.3 Å². The average molecular weight is 266 g/mol. The zero-order chi connectivity index (χ0) is 13.5. The molecule has 1 aromatic heterocycles. The van der Waals surface area contributed by atoms with Crippen molar-refractivity contribution >= 4 is 10.8 Å². The Labute approximate surface area is 114 Å². The van der Waals surface area contributed by atoms with Crippen molar-refractivity contribution in [3.05, 3.63) is 59.0 Å². The summed E-state index contributed by atoms with van der Waals surface area (Å²) in [5, 5.41) is 5.52. The van der Waals surface area contributed by atoms with Crippen LogP contribution in [0.15, 0.2) is 53.5 Å². The number of nitrogens with zero attached hydrogens (tertiary/aromatic N) is 2. The lowest BCUT2D eigenvalue weighted by atomic mass is 10.2. The molecule has 0 atom stereocenters. The molecule has 5 heteroatoms. The van der Waals surface area contributed by atoms with Crippen LogP contribution >= 0.6 is 0 Å². The first-order chi connectivity index (χ1) is 9.83. The fourth-order valence-electron chi connectivity index (χ4n) is 2.29. The number of hydrogen-bond donors (Lipinski definition) is 0. The molecule has 2 aromatic carbocycles. The molecule has 0 spiro atoms. The van der Waals surface area contributed by atoms with Gasteiger partial charge < -0.3 is 9.47 Å². The van der Waals surface area contributed by atoms with Gasteiger partial charge in [0.15, 0.2) is 11.5 Å². The second kappa shape index (κ2) is 4.09. The zero-order valence-electron chi connectivity index (χ0n) is 10.4. The van der Waals surface area contributed by atoms with Crippen LogP contribution in [0, 0.1) is 0 Å². The molecule has 0 fully saturated rings. The van der Waals surface area contributed by atoms with Gasteiger partial charge in [-0.25, -0.2) is 0 Å². The van der Waals surface area contributed by atoms with Crippen LogP contribution in [-0.4, -0.2) is 16.6 Å². The van der Waals surface area contributed by atoms with Crippen molar-refractivity contribution in [3.8, 4) is 17.2 Å². The van der Waals surface area contributed by atoms with Crippen molar-refractivity contribution in [2.75, 3.05) is 6.79 Å². The Kier molecular flexibility index (Phi) is 2.26. The molecule has 0 radical (unpaired) electrons. The maximum absolute atomic E-state index is 12.5. The van der Waals surface area contributed by atoms with E-state index in [4.69, 9.17) is 9.47 Å². The van der Waals surface area contributed by atoms with E-state index >= 15 is 0 Å². The Morgan fingerprint density at radius 3 is 2.60 bits per heavy atom. The number of rotatable bonds is 1. The largest absolute Gasteiger partial charge is 0.454 e. The van der Waals surface area contributed by atoms with E-state index < -0.39 is 0 Å². The van der Waals surface area contributed by atoms with Crippen LogP contribution in [0.1, 0.15) is 0 Å². The summed E-state index contributed by atoms with van der Waals surface area (Å²) in [6.45, 7) is 0.186. The third-order valence-corrected chi connectivity index (χ3v) is 3.28. The van der Waals surface area contributed by atoms with Crippen molar-refractivity contribution in [3.63, 3.8) is 0 Å². The predicted octanol–water partition coefficient (Wildman–Crippen LogP) is 2.11. The Balaban J connectivity index is 2.00. The van der Waals surface area contributed by atoms with Gasteiger partial charge in [0.05, 0.1) is 17.3 Å². The first kappa shape index (κ1) is 11.0. The van der Waals surface area contributed by atoms with Gasteiger partial charge in [-0.3, -0.25) is 4.79 Å². The Morgan fingerprint density at radius 1 is 1.05 bits per heavy atom. The van der Waals surface area contributed by atoms with E-state index in [2.05, 4.69) is 5.10 Å². The van der Waals surface area contributed by atoms with Crippen LogP contribution in [-0.2, 0) is 0 Å². The molecule has 1 aliphatic heterocycles. The fraction of sp³-hybridized carbons (Fsp3) is 0.0667. The quantitative estimate of drug-likeness (QED) is 0.677. The van der Waals surface area contributed by atoms with Crippen molar-refractivity contribution < 1.29 is 9.47 Å². The fourth-order valence-corrected chi connectivity index (χ4v) is 2.29. The number of fused-ring (bicyclic) bond motifs is 2. The van der Waals surface area contributed by atoms with Gasteiger partial charge in [-0.05, 0) is 24.3 Å². The summed E-state index contributed by atoms with van der Waals surface area (Å²) >= 11 is 0. The van der Waals surface area contributed by atoms with E-state index in [1.807, 2.05) is 30.3 Å². The van der Waals surface area contributed by atoms with E-state index in [1.165, 1.54) is 4.68 Å². The number of para-hydroxylation sites is 1. The first-order valence-electron chi connectivity index (χ1n) is 6.20. The third-order valence-electron chi connectivity index (χ3n) is 3.28. The first-order valence-corrected chi connectivity index (χ1v) is 6.20. The molecule has 0 N–H and O–H groups in total. The van der Waals surface area contributed by atoms with E-state index in [0.717, 1.165) is 11.1 Å². The molecular formula is C15H10N2O3. The molecule has 0 saturated heterocycles. The van der Waals surface area contributed by atoms with Crippen LogP contribution in [0.25, 0.3) is 16.5 Å². The monoisotopic (exact) mass is 266 g/mol. The minimum Gasteiger partial charge on any atom is -0.454 e. The number of aromatic nitrogens is 2. The van der Waals surface area contributed by atoms with Gasteiger partial charge in [0, 0.05) is 5.39 Å². The summed E-state index contributed by atoms with van der Waals surface area (Å²) in [4.78, 5) is 12.5. The molecule has 98 valence electrons. The number of benzene rings is 2. The van der Waals surface area contributed by atoms with Gasteiger partial charge in [0.1, 0.15) is 0 Å². The molecule has 20 heavy (non-hydrogen) atoms. The molecule has 0 bridgehead atoms. The third kappa shape index (κ3) is 1.56. The molecule has 0 unspecified atom stereocenters. The molecule has 5 nitrogen and oxygen atoms in total. The number of hydrogen-bond acceptors (Lipinski definition) is 4. The van der Waals surface area contributed by atoms with E-state index in [9.17, 15) is 4.79 Å². The van der Waals surface area contributed by atoms with Crippen LogP contribution in [0.5, 0.6) is 11.5 Å². The van der Waals surface area contributed by atoms with Gasteiger partial charge in [0.25, 0.3) is 5.56 Å². The molecule has 3 aromatic rings. The highest BCUT2D eigenvalue weighted by molar-refractivity contribution is 5.85. The van der Waals surface area contributed by atoms with Crippen molar-refractivity contribution in [2.24, 2.45) is 0 Å². The molecule has 0 amide bonds. The van der Waals surface area contributed by atoms with Crippen molar-refractivity contribution in [2.45, 2.75) is 0 Å². The lowest BCUT2D eigenvalue weighted by Crippen LogP contribution is -2.20. The summed E-state index contributed by atoms with van der Waals surface area (Å²) < 4.78 is 12.0. The highest BCUT2D eigenvalue weighted by atomic mass is 16.7. The number of ether oxygens (including phenoxy) is 2. The smallest absolute Gasteiger partial charge is 0.279 e. The van der Waals surface area contributed by atoms with Gasteiger partial charge in [-0.15, -0.1) is 0 Å². The van der Waals surface area contributed by atoms with E-state index in [0.29, 0.717) is 16.9 Å². The van der Waals surface area contributed by atoms with Crippen molar-refractivity contribution in [1.29, 1.82) is 0 Å². The second-order valence-corrected chi connectivity index (χ2v) is 4.49. The molecular weight excluding hydrogens is 256 g/mol. The van der Waals surface area contributed by atoms with Crippen LogP contribution < -0.4 is 15.0 Å². The lowest BCUT2D eigenvalue weighted by Gasteiger charge is -2.06. The summed E-state index contributed by atoms with van der Waals surface area (Å²) in [6, 6.07) is 12.8. The summed E-state index contributed by atoms with van der Waals surface area (Å²) in [7, 11) is 0. The molecule has 2 heterocycles. The molecule has 0 aliphatic carbocycles.